The monoisotopic (exact) mass is 496 g/mol. The second-order valence-corrected chi connectivity index (χ2v) is 10.2. The number of hydrogen-bond acceptors (Lipinski definition) is 9. The molecule has 4 aromatic rings. The molecule has 5 heterocycles. The lowest BCUT2D eigenvalue weighted by molar-refractivity contribution is 0.136. The predicted molar refractivity (Wildman–Crippen MR) is 137 cm³/mol. The number of aromatic nitrogens is 6. The fraction of sp³-hybridized carbons (Fsp3) is 0.500. The first kappa shape index (κ1) is 23.7. The van der Waals surface area contributed by atoms with Gasteiger partial charge in [0.25, 0.3) is 0 Å². The van der Waals surface area contributed by atoms with Gasteiger partial charge in [0.05, 0.1) is 31.3 Å². The fourth-order valence-corrected chi connectivity index (χ4v) is 5.82. The van der Waals surface area contributed by atoms with Crippen molar-refractivity contribution in [3.63, 3.8) is 0 Å². The minimum absolute atomic E-state index is 0.242. The number of thiazole rings is 1. The average Bonchev–Trinajstić information content (AvgIpc) is 3.60. The van der Waals surface area contributed by atoms with Gasteiger partial charge in [0.15, 0.2) is 11.4 Å². The molecule has 1 N–H and O–H groups in total. The number of nitrogens with zero attached hydrogens (tertiary/aromatic N) is 7. The van der Waals surface area contributed by atoms with Crippen LogP contribution in [-0.2, 0) is 4.74 Å². The van der Waals surface area contributed by atoms with Crippen molar-refractivity contribution in [1.29, 1.82) is 0 Å². The van der Waals surface area contributed by atoms with Crippen molar-refractivity contribution in [1.82, 2.24) is 34.7 Å². The van der Waals surface area contributed by atoms with E-state index in [1.54, 1.807) is 30.1 Å². The molecule has 0 saturated carbocycles. The first-order valence-electron chi connectivity index (χ1n) is 11.9. The lowest BCUT2D eigenvalue weighted by Gasteiger charge is -2.40. The zero-order chi connectivity index (χ0) is 24.5. The fourth-order valence-electron chi connectivity index (χ4n) is 4.77. The third kappa shape index (κ3) is 4.51. The smallest absolute Gasteiger partial charge is 0.197 e. The maximum absolute atomic E-state index is 5.56. The second-order valence-electron chi connectivity index (χ2n) is 9.18. The van der Waals surface area contributed by atoms with Gasteiger partial charge in [0, 0.05) is 56.7 Å². The summed E-state index contributed by atoms with van der Waals surface area (Å²) in [5, 5.41) is 14.4. The van der Waals surface area contributed by atoms with E-state index in [2.05, 4.69) is 45.8 Å². The Morgan fingerprint density at radius 1 is 1.23 bits per heavy atom. The number of nitrogens with one attached hydrogen (secondary N) is 1. The quantitative estimate of drug-likeness (QED) is 0.396. The molecule has 1 saturated heterocycles. The van der Waals surface area contributed by atoms with Gasteiger partial charge in [-0.15, -0.1) is 0 Å². The molecule has 35 heavy (non-hydrogen) atoms. The molecule has 10 nitrogen and oxygen atoms in total. The van der Waals surface area contributed by atoms with Gasteiger partial charge >= 0.3 is 0 Å². The van der Waals surface area contributed by atoms with Crippen molar-refractivity contribution in [2.45, 2.75) is 32.7 Å². The number of aromatic amines is 1. The van der Waals surface area contributed by atoms with Crippen molar-refractivity contribution >= 4 is 22.0 Å². The third-order valence-electron chi connectivity index (χ3n) is 6.53. The van der Waals surface area contributed by atoms with Crippen LogP contribution >= 0.6 is 11.3 Å². The van der Waals surface area contributed by atoms with Gasteiger partial charge in [0.2, 0.25) is 0 Å². The lowest BCUT2D eigenvalue weighted by atomic mass is 9.97. The minimum Gasteiger partial charge on any atom is -0.493 e. The van der Waals surface area contributed by atoms with Gasteiger partial charge in [-0.05, 0) is 18.9 Å². The first-order valence-corrected chi connectivity index (χ1v) is 12.7. The third-order valence-corrected chi connectivity index (χ3v) is 7.58. The summed E-state index contributed by atoms with van der Waals surface area (Å²) in [6.45, 7) is 11.4. The van der Waals surface area contributed by atoms with Crippen LogP contribution in [0.2, 0.25) is 0 Å². The number of hydrogen-bond donors (Lipinski definition) is 1. The summed E-state index contributed by atoms with van der Waals surface area (Å²) in [6.07, 6.45) is 5.46. The van der Waals surface area contributed by atoms with Crippen LogP contribution in [0.15, 0.2) is 24.8 Å². The molecule has 11 heteroatoms. The Bertz CT molecular complexity index is 1300. The van der Waals surface area contributed by atoms with Crippen molar-refractivity contribution in [2.24, 2.45) is 0 Å². The van der Waals surface area contributed by atoms with E-state index in [1.807, 2.05) is 18.5 Å². The van der Waals surface area contributed by atoms with Gasteiger partial charge in [-0.2, -0.15) is 10.2 Å². The van der Waals surface area contributed by atoms with Gasteiger partial charge < -0.3 is 14.4 Å². The van der Waals surface area contributed by atoms with Crippen LogP contribution in [0.25, 0.3) is 27.6 Å². The van der Waals surface area contributed by atoms with E-state index in [-0.39, 0.29) is 5.92 Å². The van der Waals surface area contributed by atoms with E-state index in [0.29, 0.717) is 17.4 Å². The van der Waals surface area contributed by atoms with Crippen molar-refractivity contribution in [2.75, 3.05) is 51.9 Å². The maximum atomic E-state index is 5.56. The second kappa shape index (κ2) is 9.92. The van der Waals surface area contributed by atoms with Crippen LogP contribution in [0.5, 0.6) is 5.75 Å². The van der Waals surface area contributed by atoms with Crippen LogP contribution in [0.4, 0.5) is 5.00 Å². The van der Waals surface area contributed by atoms with Crippen molar-refractivity contribution < 1.29 is 9.47 Å². The Morgan fingerprint density at radius 3 is 2.83 bits per heavy atom. The zero-order valence-corrected chi connectivity index (χ0v) is 21.7. The van der Waals surface area contributed by atoms with Crippen LogP contribution in [-0.4, -0.2) is 87.7 Å². The highest BCUT2D eigenvalue weighted by Gasteiger charge is 2.27. The number of pyridine rings is 1. The molecule has 4 aromatic heterocycles. The predicted octanol–water partition coefficient (Wildman–Crippen LogP) is 3.53. The summed E-state index contributed by atoms with van der Waals surface area (Å²) in [4.78, 5) is 14.0. The molecule has 0 bridgehead atoms. The molecular weight excluding hydrogens is 464 g/mol. The van der Waals surface area contributed by atoms with E-state index >= 15 is 0 Å². The van der Waals surface area contributed by atoms with E-state index in [1.165, 1.54) is 11.3 Å². The van der Waals surface area contributed by atoms with Gasteiger partial charge in [0.1, 0.15) is 16.3 Å². The molecule has 0 amide bonds. The van der Waals surface area contributed by atoms with Gasteiger partial charge in [-0.1, -0.05) is 25.2 Å². The van der Waals surface area contributed by atoms with E-state index in [4.69, 9.17) is 19.6 Å². The first-order chi connectivity index (χ1) is 17.0. The molecular formula is C24H32N8O2S. The highest BCUT2D eigenvalue weighted by atomic mass is 32.1. The van der Waals surface area contributed by atoms with Crippen LogP contribution < -0.4 is 9.64 Å². The molecule has 1 atom stereocenters. The SMILES string of the molecule is COCCN1CCN(c2cnc(-c3[nH]nc(-c4cc(OC)c5ncnn5c4)c3C(C)C)s2)[C@H](C)C1. The topological polar surface area (TPSA) is 96.7 Å². The number of ether oxygens (including phenoxy) is 2. The molecule has 0 spiro atoms. The van der Waals surface area contributed by atoms with E-state index < -0.39 is 0 Å². The number of rotatable bonds is 8. The highest BCUT2D eigenvalue weighted by Crippen LogP contribution is 2.40. The Morgan fingerprint density at radius 2 is 2.09 bits per heavy atom. The van der Waals surface area contributed by atoms with E-state index in [0.717, 1.165) is 60.3 Å². The number of fused-ring (bicyclic) bond motifs is 1. The summed E-state index contributed by atoms with van der Waals surface area (Å²) in [5.41, 5.74) is 4.57. The standard InChI is InChI=1S/C24H32N8O2S/c1-15(2)20-21(17-10-18(34-5)23-26-14-27-32(23)13-17)28-29-22(20)24-25-11-19(35-24)31-7-6-30(8-9-33-4)12-16(31)3/h10-11,13-16H,6-9,12H2,1-5H3,(H,28,29)/t16-/m1/s1. The van der Waals surface area contributed by atoms with Crippen LogP contribution in [0.3, 0.4) is 0 Å². The Kier molecular flexibility index (Phi) is 6.72. The highest BCUT2D eigenvalue weighted by molar-refractivity contribution is 7.18. The van der Waals surface area contributed by atoms with Gasteiger partial charge in [-0.3, -0.25) is 10.00 Å². The zero-order valence-electron chi connectivity index (χ0n) is 20.9. The molecule has 0 unspecified atom stereocenters. The Labute approximate surface area is 208 Å². The van der Waals surface area contributed by atoms with Crippen molar-refractivity contribution in [3.8, 4) is 27.7 Å². The number of anilines is 1. The molecule has 0 aliphatic carbocycles. The van der Waals surface area contributed by atoms with Crippen molar-refractivity contribution in [3.05, 3.63) is 30.4 Å². The van der Waals surface area contributed by atoms with Gasteiger partial charge in [-0.25, -0.2) is 14.5 Å². The molecule has 186 valence electrons. The summed E-state index contributed by atoms with van der Waals surface area (Å²) < 4.78 is 12.5. The summed E-state index contributed by atoms with van der Waals surface area (Å²) >= 11 is 1.72. The molecule has 1 aliphatic heterocycles. The largest absolute Gasteiger partial charge is 0.493 e. The number of H-pyrrole nitrogens is 1. The molecule has 1 aliphatic rings. The minimum atomic E-state index is 0.242. The van der Waals surface area contributed by atoms with Crippen LogP contribution in [0.1, 0.15) is 32.3 Å². The Hall–Kier alpha value is -3.02. The molecule has 0 aromatic carbocycles. The average molecular weight is 497 g/mol. The summed E-state index contributed by atoms with van der Waals surface area (Å²) in [5.74, 6) is 0.904. The molecule has 5 rings (SSSR count). The lowest BCUT2D eigenvalue weighted by Crippen LogP contribution is -2.52. The summed E-state index contributed by atoms with van der Waals surface area (Å²) in [7, 11) is 3.40. The number of piperazine rings is 1. The summed E-state index contributed by atoms with van der Waals surface area (Å²) in [6, 6.07) is 2.38. The van der Waals surface area contributed by atoms with Crippen LogP contribution in [0, 0.1) is 0 Å². The number of methoxy groups -OCH3 is 2. The molecule has 0 radical (unpaired) electrons. The Balaban J connectivity index is 1.45. The van der Waals surface area contributed by atoms with E-state index in [9.17, 15) is 0 Å². The molecule has 1 fully saturated rings. The maximum Gasteiger partial charge on any atom is 0.197 e. The normalized spacial score (nSPS) is 17.1.